The highest BCUT2D eigenvalue weighted by Gasteiger charge is 2.23. The Morgan fingerprint density at radius 2 is 1.74 bits per heavy atom. The predicted octanol–water partition coefficient (Wildman–Crippen LogP) is 5.10. The maximum absolute atomic E-state index is 12.9. The monoisotopic (exact) mass is 518 g/mol. The second-order valence-corrected chi connectivity index (χ2v) is 8.97. The molecule has 0 bridgehead atoms. The Morgan fingerprint density at radius 3 is 2.42 bits per heavy atom. The van der Waals surface area contributed by atoms with Crippen molar-refractivity contribution < 1.29 is 19.1 Å². The van der Waals surface area contributed by atoms with E-state index in [1.165, 1.54) is 0 Å². The standard InChI is InChI=1S/C28H34N6O4/c1-5-38-23-11-9-19(2)17-22(23)31-27(35)30-21-10-12-25(29-18-21)33-13-15-34(16-14-33)28(36)32-26-20(3)7-6-8-24(26)37-4/h6-12,17-18H,5,13-16H2,1-4H3,(H,32,36)(H2,30,31,35). The first-order valence-electron chi connectivity index (χ1n) is 12.6. The van der Waals surface area contributed by atoms with Gasteiger partial charge in [-0.2, -0.15) is 0 Å². The molecule has 0 atom stereocenters. The Morgan fingerprint density at radius 1 is 0.947 bits per heavy atom. The number of methoxy groups -OCH3 is 1. The van der Waals surface area contributed by atoms with Crippen molar-refractivity contribution in [1.82, 2.24) is 9.88 Å². The van der Waals surface area contributed by atoms with Crippen LogP contribution in [0.4, 0.5) is 32.5 Å². The quantitative estimate of drug-likeness (QED) is 0.402. The number of aromatic nitrogens is 1. The van der Waals surface area contributed by atoms with Gasteiger partial charge in [-0.05, 0) is 62.2 Å². The normalized spacial score (nSPS) is 13.1. The molecule has 2 aromatic carbocycles. The van der Waals surface area contributed by atoms with E-state index in [1.807, 2.05) is 69.3 Å². The Hall–Kier alpha value is -4.47. The third kappa shape index (κ3) is 6.44. The molecule has 1 fully saturated rings. The summed E-state index contributed by atoms with van der Waals surface area (Å²) in [6.07, 6.45) is 1.62. The molecular formula is C28H34N6O4. The molecular weight excluding hydrogens is 484 g/mol. The van der Waals surface area contributed by atoms with E-state index < -0.39 is 0 Å². The number of carbonyl (C=O) groups excluding carboxylic acids is 2. The van der Waals surface area contributed by atoms with Crippen LogP contribution in [0.25, 0.3) is 0 Å². The Balaban J connectivity index is 1.30. The minimum Gasteiger partial charge on any atom is -0.495 e. The number of amides is 4. The fourth-order valence-electron chi connectivity index (χ4n) is 4.25. The molecule has 0 spiro atoms. The van der Waals surface area contributed by atoms with Crippen molar-refractivity contribution in [2.24, 2.45) is 0 Å². The molecule has 2 heterocycles. The van der Waals surface area contributed by atoms with Gasteiger partial charge in [0.25, 0.3) is 0 Å². The molecule has 38 heavy (non-hydrogen) atoms. The SMILES string of the molecule is CCOc1ccc(C)cc1NC(=O)Nc1ccc(N2CCN(C(=O)Nc3c(C)cccc3OC)CC2)nc1. The first-order valence-corrected chi connectivity index (χ1v) is 12.6. The first kappa shape index (κ1) is 26.6. The molecule has 3 N–H and O–H groups in total. The second kappa shape index (κ2) is 12.2. The van der Waals surface area contributed by atoms with E-state index in [-0.39, 0.29) is 12.1 Å². The van der Waals surface area contributed by atoms with Crippen LogP contribution < -0.4 is 30.3 Å². The molecule has 3 aromatic rings. The lowest BCUT2D eigenvalue weighted by Crippen LogP contribution is -2.50. The highest BCUT2D eigenvalue weighted by atomic mass is 16.5. The van der Waals surface area contributed by atoms with Crippen molar-refractivity contribution in [3.63, 3.8) is 0 Å². The van der Waals surface area contributed by atoms with Crippen LogP contribution in [0.2, 0.25) is 0 Å². The Bertz CT molecular complexity index is 1270. The van der Waals surface area contributed by atoms with Gasteiger partial charge in [-0.3, -0.25) is 0 Å². The van der Waals surface area contributed by atoms with E-state index >= 15 is 0 Å². The molecule has 0 radical (unpaired) electrons. The van der Waals surface area contributed by atoms with E-state index in [2.05, 4.69) is 25.8 Å². The van der Waals surface area contributed by atoms with Crippen molar-refractivity contribution in [2.45, 2.75) is 20.8 Å². The predicted molar refractivity (Wildman–Crippen MR) is 150 cm³/mol. The minimum atomic E-state index is -0.379. The van der Waals surface area contributed by atoms with Crippen LogP contribution in [0.1, 0.15) is 18.1 Å². The van der Waals surface area contributed by atoms with Gasteiger partial charge in [0, 0.05) is 26.2 Å². The minimum absolute atomic E-state index is 0.156. The molecule has 200 valence electrons. The number of anilines is 4. The molecule has 10 nitrogen and oxygen atoms in total. The lowest BCUT2D eigenvalue weighted by Gasteiger charge is -2.35. The van der Waals surface area contributed by atoms with E-state index in [1.54, 1.807) is 18.2 Å². The number of urea groups is 2. The largest absolute Gasteiger partial charge is 0.495 e. The second-order valence-electron chi connectivity index (χ2n) is 8.97. The number of ether oxygens (including phenoxy) is 2. The first-order chi connectivity index (χ1) is 18.4. The number of nitrogens with zero attached hydrogens (tertiary/aromatic N) is 3. The highest BCUT2D eigenvalue weighted by molar-refractivity contribution is 6.00. The van der Waals surface area contributed by atoms with Crippen molar-refractivity contribution in [3.8, 4) is 11.5 Å². The zero-order valence-corrected chi connectivity index (χ0v) is 22.2. The maximum Gasteiger partial charge on any atom is 0.323 e. The lowest BCUT2D eigenvalue weighted by molar-refractivity contribution is 0.208. The summed E-state index contributed by atoms with van der Waals surface area (Å²) in [4.78, 5) is 33.8. The Kier molecular flexibility index (Phi) is 8.52. The summed E-state index contributed by atoms with van der Waals surface area (Å²) < 4.78 is 11.0. The topological polar surface area (TPSA) is 108 Å². The van der Waals surface area contributed by atoms with Gasteiger partial charge in [0.15, 0.2) is 0 Å². The highest BCUT2D eigenvalue weighted by Crippen LogP contribution is 2.28. The number of nitrogens with one attached hydrogen (secondary N) is 3. The average molecular weight is 519 g/mol. The van der Waals surface area contributed by atoms with Gasteiger partial charge < -0.3 is 35.2 Å². The number of hydrogen-bond donors (Lipinski definition) is 3. The lowest BCUT2D eigenvalue weighted by atomic mass is 10.2. The van der Waals surface area contributed by atoms with Gasteiger partial charge >= 0.3 is 12.1 Å². The third-order valence-electron chi connectivity index (χ3n) is 6.27. The summed E-state index contributed by atoms with van der Waals surface area (Å²) >= 11 is 0. The van der Waals surface area contributed by atoms with Crippen molar-refractivity contribution in [3.05, 3.63) is 65.9 Å². The number of aryl methyl sites for hydroxylation is 2. The molecule has 0 unspecified atom stereocenters. The van der Waals surface area contributed by atoms with Crippen LogP contribution in [0.15, 0.2) is 54.7 Å². The molecule has 1 aliphatic rings. The number of hydrogen-bond acceptors (Lipinski definition) is 6. The fraction of sp³-hybridized carbons (Fsp3) is 0.321. The van der Waals surface area contributed by atoms with Gasteiger partial charge in [-0.15, -0.1) is 0 Å². The van der Waals surface area contributed by atoms with Crippen molar-refractivity contribution in [2.75, 3.05) is 60.7 Å². The molecule has 1 aromatic heterocycles. The molecule has 1 saturated heterocycles. The van der Waals surface area contributed by atoms with Crippen molar-refractivity contribution in [1.29, 1.82) is 0 Å². The van der Waals surface area contributed by atoms with Crippen LogP contribution >= 0.6 is 0 Å². The number of piperazine rings is 1. The number of carbonyl (C=O) groups is 2. The molecule has 4 rings (SSSR count). The maximum atomic E-state index is 12.9. The molecule has 10 heteroatoms. The van der Waals surface area contributed by atoms with Gasteiger partial charge in [-0.25, -0.2) is 14.6 Å². The van der Waals surface area contributed by atoms with Gasteiger partial charge in [0.2, 0.25) is 0 Å². The summed E-state index contributed by atoms with van der Waals surface area (Å²) in [6.45, 7) is 8.70. The number of rotatable bonds is 7. The van der Waals surface area contributed by atoms with E-state index in [0.29, 0.717) is 61.3 Å². The summed E-state index contributed by atoms with van der Waals surface area (Å²) in [5.41, 5.74) is 3.82. The van der Waals surface area contributed by atoms with Crippen LogP contribution in [-0.4, -0.2) is 61.8 Å². The summed E-state index contributed by atoms with van der Waals surface area (Å²) in [5.74, 6) is 2.04. The summed E-state index contributed by atoms with van der Waals surface area (Å²) in [7, 11) is 1.59. The summed E-state index contributed by atoms with van der Waals surface area (Å²) in [5, 5.41) is 8.64. The van der Waals surface area contributed by atoms with Crippen LogP contribution in [0.3, 0.4) is 0 Å². The number of para-hydroxylation sites is 1. The van der Waals surface area contributed by atoms with E-state index in [4.69, 9.17) is 9.47 Å². The summed E-state index contributed by atoms with van der Waals surface area (Å²) in [6, 6.07) is 14.4. The molecule has 4 amide bonds. The zero-order valence-electron chi connectivity index (χ0n) is 22.2. The van der Waals surface area contributed by atoms with Crippen molar-refractivity contribution >= 4 is 34.9 Å². The number of pyridine rings is 1. The van der Waals surface area contributed by atoms with Gasteiger partial charge in [0.05, 0.1) is 37.0 Å². The fourth-order valence-corrected chi connectivity index (χ4v) is 4.25. The molecule has 0 saturated carbocycles. The third-order valence-corrected chi connectivity index (χ3v) is 6.27. The number of benzene rings is 2. The molecule has 0 aliphatic carbocycles. The molecule has 1 aliphatic heterocycles. The van der Waals surface area contributed by atoms with Gasteiger partial charge in [0.1, 0.15) is 17.3 Å². The van der Waals surface area contributed by atoms with E-state index in [0.717, 1.165) is 16.9 Å². The average Bonchev–Trinajstić information content (AvgIpc) is 2.92. The Labute approximate surface area is 222 Å². The van der Waals surface area contributed by atoms with E-state index in [9.17, 15) is 9.59 Å². The zero-order chi connectivity index (χ0) is 27.1. The smallest absolute Gasteiger partial charge is 0.323 e. The van der Waals surface area contributed by atoms with Crippen LogP contribution in [-0.2, 0) is 0 Å². The van der Waals surface area contributed by atoms with Crippen LogP contribution in [0.5, 0.6) is 11.5 Å². The van der Waals surface area contributed by atoms with Crippen LogP contribution in [0, 0.1) is 13.8 Å². The van der Waals surface area contributed by atoms with Gasteiger partial charge in [-0.1, -0.05) is 18.2 Å².